The van der Waals surface area contributed by atoms with Crippen LogP contribution >= 0.6 is 0 Å². The number of hydrogen-bond donors (Lipinski definition) is 0. The Morgan fingerprint density at radius 3 is 2.11 bits per heavy atom. The highest BCUT2D eigenvalue weighted by molar-refractivity contribution is 6.02. The molecule has 4 rings (SSSR count). The Bertz CT molecular complexity index is 1130. The van der Waals surface area contributed by atoms with Crippen molar-refractivity contribution in [1.82, 2.24) is 0 Å². The summed E-state index contributed by atoms with van der Waals surface area (Å²) in [6.07, 6.45) is 0. The molecule has 0 aromatic heterocycles. The summed E-state index contributed by atoms with van der Waals surface area (Å²) in [4.78, 5) is 22.8. The van der Waals surface area contributed by atoms with Gasteiger partial charge in [-0.2, -0.15) is 0 Å². The summed E-state index contributed by atoms with van der Waals surface area (Å²) in [5, 5.41) is 15.1. The third-order valence-electron chi connectivity index (χ3n) is 4.52. The molecule has 4 aromatic carbocycles. The summed E-state index contributed by atoms with van der Waals surface area (Å²) < 4.78 is 5.50. The molecule has 0 amide bonds. The highest BCUT2D eigenvalue weighted by Gasteiger charge is 2.14. The Morgan fingerprint density at radius 2 is 1.48 bits per heavy atom. The van der Waals surface area contributed by atoms with Crippen molar-refractivity contribution in [2.75, 3.05) is 0 Å². The number of nitrogens with zero attached hydrogens (tertiary/aromatic N) is 1. The van der Waals surface area contributed by atoms with Crippen molar-refractivity contribution < 1.29 is 14.5 Å². The summed E-state index contributed by atoms with van der Waals surface area (Å²) in [6.45, 7) is 0.0867. The van der Waals surface area contributed by atoms with Crippen LogP contribution in [0.15, 0.2) is 78.9 Å². The molecule has 0 heterocycles. The third kappa shape index (κ3) is 3.22. The van der Waals surface area contributed by atoms with Gasteiger partial charge >= 0.3 is 5.97 Å². The molecule has 4 aromatic rings. The van der Waals surface area contributed by atoms with E-state index in [9.17, 15) is 14.9 Å². The van der Waals surface area contributed by atoms with E-state index in [0.717, 1.165) is 27.1 Å². The van der Waals surface area contributed by atoms with Gasteiger partial charge in [0.15, 0.2) is 0 Å². The quantitative estimate of drug-likeness (QED) is 0.216. The van der Waals surface area contributed by atoms with Gasteiger partial charge in [-0.3, -0.25) is 10.1 Å². The van der Waals surface area contributed by atoms with Crippen molar-refractivity contribution in [3.8, 4) is 0 Å². The van der Waals surface area contributed by atoms with Gasteiger partial charge in [0.05, 0.1) is 10.5 Å². The molecule has 0 bridgehead atoms. The molecule has 132 valence electrons. The van der Waals surface area contributed by atoms with Gasteiger partial charge in [0, 0.05) is 17.7 Å². The van der Waals surface area contributed by atoms with E-state index < -0.39 is 10.9 Å². The minimum absolute atomic E-state index is 0.0867. The molecule has 0 N–H and O–H groups in total. The van der Waals surface area contributed by atoms with Crippen LogP contribution in [0, 0.1) is 10.1 Å². The summed E-state index contributed by atoms with van der Waals surface area (Å²) in [5.41, 5.74) is 0.941. The van der Waals surface area contributed by atoms with E-state index in [2.05, 4.69) is 6.07 Å². The second kappa shape index (κ2) is 6.88. The van der Waals surface area contributed by atoms with Gasteiger partial charge in [0.1, 0.15) is 6.61 Å². The first kappa shape index (κ1) is 16.7. The average Bonchev–Trinajstić information content (AvgIpc) is 2.71. The SMILES string of the molecule is O=C(OCc1c2ccccc2cc2ccccc12)c1cccc([N+](=O)[O-])c1. The number of benzene rings is 4. The minimum atomic E-state index is -0.587. The van der Waals surface area contributed by atoms with E-state index in [-0.39, 0.29) is 17.9 Å². The molecule has 0 saturated carbocycles. The molecule has 0 aliphatic heterocycles. The van der Waals surface area contributed by atoms with Gasteiger partial charge in [0.25, 0.3) is 5.69 Å². The number of esters is 1. The van der Waals surface area contributed by atoms with Gasteiger partial charge in [0.2, 0.25) is 0 Å². The summed E-state index contributed by atoms with van der Waals surface area (Å²) in [7, 11) is 0. The highest BCUT2D eigenvalue weighted by atomic mass is 16.6. The van der Waals surface area contributed by atoms with Gasteiger partial charge < -0.3 is 4.74 Å². The second-order valence-corrected chi connectivity index (χ2v) is 6.18. The van der Waals surface area contributed by atoms with E-state index >= 15 is 0 Å². The summed E-state index contributed by atoms with van der Waals surface area (Å²) in [6, 6.07) is 23.5. The fourth-order valence-corrected chi connectivity index (χ4v) is 3.23. The van der Waals surface area contributed by atoms with Crippen molar-refractivity contribution >= 4 is 33.2 Å². The van der Waals surface area contributed by atoms with Crippen molar-refractivity contribution in [3.63, 3.8) is 0 Å². The molecule has 5 heteroatoms. The average molecular weight is 357 g/mol. The fraction of sp³-hybridized carbons (Fsp3) is 0.0455. The molecule has 5 nitrogen and oxygen atoms in total. The van der Waals surface area contributed by atoms with Crippen molar-refractivity contribution in [3.05, 3.63) is 100 Å². The smallest absolute Gasteiger partial charge is 0.338 e. The lowest BCUT2D eigenvalue weighted by Gasteiger charge is -2.12. The van der Waals surface area contributed by atoms with Gasteiger partial charge in [-0.05, 0) is 33.7 Å². The number of nitro benzene ring substituents is 1. The standard InChI is InChI=1S/C22H15NO4/c24-22(17-8-5-9-18(13-17)23(25)26)27-14-21-19-10-3-1-6-15(19)12-16-7-2-4-11-20(16)21/h1-13H,14H2. The van der Waals surface area contributed by atoms with Crippen LogP contribution in [-0.4, -0.2) is 10.9 Å². The lowest BCUT2D eigenvalue weighted by atomic mass is 9.97. The van der Waals surface area contributed by atoms with Crippen LogP contribution < -0.4 is 0 Å². The van der Waals surface area contributed by atoms with Crippen LogP contribution in [0.2, 0.25) is 0 Å². The normalized spacial score (nSPS) is 10.8. The third-order valence-corrected chi connectivity index (χ3v) is 4.52. The van der Waals surface area contributed by atoms with Crippen LogP contribution in [0.3, 0.4) is 0 Å². The zero-order valence-corrected chi connectivity index (χ0v) is 14.3. The minimum Gasteiger partial charge on any atom is -0.457 e. The van der Waals surface area contributed by atoms with Crippen LogP contribution in [0.5, 0.6) is 0 Å². The number of carbonyl (C=O) groups excluding carboxylic acids is 1. The van der Waals surface area contributed by atoms with E-state index in [1.807, 2.05) is 48.5 Å². The maximum Gasteiger partial charge on any atom is 0.338 e. The molecule has 0 aliphatic rings. The molecule has 0 atom stereocenters. The first-order valence-corrected chi connectivity index (χ1v) is 8.44. The Balaban J connectivity index is 1.70. The monoisotopic (exact) mass is 357 g/mol. The molecule has 0 saturated heterocycles. The summed E-state index contributed by atoms with van der Waals surface area (Å²) >= 11 is 0. The Morgan fingerprint density at radius 1 is 0.852 bits per heavy atom. The molecule has 0 fully saturated rings. The largest absolute Gasteiger partial charge is 0.457 e. The number of carbonyl (C=O) groups is 1. The molecular weight excluding hydrogens is 342 g/mol. The zero-order chi connectivity index (χ0) is 18.8. The Hall–Kier alpha value is -3.73. The van der Waals surface area contributed by atoms with E-state index in [1.165, 1.54) is 24.3 Å². The molecule has 0 aliphatic carbocycles. The maximum atomic E-state index is 12.4. The van der Waals surface area contributed by atoms with E-state index in [0.29, 0.717) is 0 Å². The first-order chi connectivity index (χ1) is 13.1. The summed E-state index contributed by atoms with van der Waals surface area (Å²) in [5.74, 6) is -0.587. The van der Waals surface area contributed by atoms with Crippen LogP contribution in [0.4, 0.5) is 5.69 Å². The molecular formula is C22H15NO4. The number of fused-ring (bicyclic) bond motifs is 2. The van der Waals surface area contributed by atoms with E-state index in [1.54, 1.807) is 0 Å². The van der Waals surface area contributed by atoms with Crippen molar-refractivity contribution in [2.45, 2.75) is 6.61 Å². The first-order valence-electron chi connectivity index (χ1n) is 8.44. The van der Waals surface area contributed by atoms with Crippen LogP contribution in [0.1, 0.15) is 15.9 Å². The van der Waals surface area contributed by atoms with E-state index in [4.69, 9.17) is 4.74 Å². The lowest BCUT2D eigenvalue weighted by Crippen LogP contribution is -2.06. The molecule has 27 heavy (non-hydrogen) atoms. The number of hydrogen-bond acceptors (Lipinski definition) is 4. The Kier molecular flexibility index (Phi) is 4.26. The van der Waals surface area contributed by atoms with Gasteiger partial charge in [-0.25, -0.2) is 4.79 Å². The van der Waals surface area contributed by atoms with Gasteiger partial charge in [-0.15, -0.1) is 0 Å². The predicted molar refractivity (Wildman–Crippen MR) is 104 cm³/mol. The van der Waals surface area contributed by atoms with Crippen molar-refractivity contribution in [2.24, 2.45) is 0 Å². The Labute approximate surface area is 155 Å². The second-order valence-electron chi connectivity index (χ2n) is 6.18. The van der Waals surface area contributed by atoms with Gasteiger partial charge in [-0.1, -0.05) is 54.6 Å². The zero-order valence-electron chi connectivity index (χ0n) is 14.3. The predicted octanol–water partition coefficient (Wildman–Crippen LogP) is 5.26. The molecule has 0 spiro atoms. The lowest BCUT2D eigenvalue weighted by molar-refractivity contribution is -0.384. The number of non-ortho nitro benzene ring substituents is 1. The van der Waals surface area contributed by atoms with Crippen LogP contribution in [0.25, 0.3) is 21.5 Å². The maximum absolute atomic E-state index is 12.4. The van der Waals surface area contributed by atoms with Crippen LogP contribution in [-0.2, 0) is 11.3 Å². The van der Waals surface area contributed by atoms with Crippen molar-refractivity contribution in [1.29, 1.82) is 0 Å². The number of nitro groups is 1. The molecule has 0 unspecified atom stereocenters. The topological polar surface area (TPSA) is 69.4 Å². The molecule has 0 radical (unpaired) electrons. The highest BCUT2D eigenvalue weighted by Crippen LogP contribution is 2.29. The number of rotatable bonds is 4. The number of ether oxygens (including phenoxy) is 1. The fourth-order valence-electron chi connectivity index (χ4n) is 3.23.